The summed E-state index contributed by atoms with van der Waals surface area (Å²) in [6.45, 7) is 3.28. The largest absolute Gasteiger partial charge is 0.478 e. The summed E-state index contributed by atoms with van der Waals surface area (Å²) in [6, 6.07) is 0. The number of amides is 1. The number of rotatable bonds is 3. The number of aliphatic carboxylic acids is 1. The molecule has 0 bridgehead atoms. The molecule has 0 radical (unpaired) electrons. The third-order valence-electron chi connectivity index (χ3n) is 1.17. The molecule has 0 saturated heterocycles. The van der Waals surface area contributed by atoms with Crippen LogP contribution in [0, 0.1) is 12.3 Å². The molecule has 0 aliphatic heterocycles. The van der Waals surface area contributed by atoms with Crippen LogP contribution >= 0.6 is 0 Å². The van der Waals surface area contributed by atoms with Crippen LogP contribution in [0.4, 0.5) is 0 Å². The van der Waals surface area contributed by atoms with E-state index in [4.69, 9.17) is 11.5 Å². The van der Waals surface area contributed by atoms with E-state index >= 15 is 0 Å². The van der Waals surface area contributed by atoms with E-state index in [0.717, 1.165) is 12.2 Å². The van der Waals surface area contributed by atoms with E-state index in [-0.39, 0.29) is 0 Å². The van der Waals surface area contributed by atoms with Crippen molar-refractivity contribution >= 4 is 11.9 Å². The maximum Gasteiger partial charge on any atom is 0.328 e. The van der Waals surface area contributed by atoms with Crippen molar-refractivity contribution in [3.8, 4) is 12.3 Å². The second-order valence-electron chi connectivity index (χ2n) is 2.93. The molecule has 4 nitrogen and oxygen atoms in total. The molecule has 0 aliphatic rings. The molecule has 0 fully saturated rings. The number of carboxylic acid groups (broad SMARTS) is 1. The van der Waals surface area contributed by atoms with Gasteiger partial charge in [0.2, 0.25) is 5.91 Å². The number of hydrogen-bond donors (Lipinski definition) is 2. The monoisotopic (exact) mass is 181 g/mol. The summed E-state index contributed by atoms with van der Waals surface area (Å²) in [7, 11) is 0. The van der Waals surface area contributed by atoms with E-state index in [0.29, 0.717) is 0 Å². The number of nitrogens with one attached hydrogen (secondary N) is 1. The lowest BCUT2D eigenvalue weighted by Gasteiger charge is -2.17. The van der Waals surface area contributed by atoms with Crippen molar-refractivity contribution in [2.45, 2.75) is 19.4 Å². The summed E-state index contributed by atoms with van der Waals surface area (Å²) in [5, 5.41) is 10.6. The molecule has 0 rings (SSSR count). The molecule has 4 heteroatoms. The van der Waals surface area contributed by atoms with Crippen molar-refractivity contribution in [1.29, 1.82) is 0 Å². The number of terminal acetylenes is 1. The lowest BCUT2D eigenvalue weighted by molar-refractivity contribution is -0.131. The normalized spacial score (nSPS) is 10.8. The zero-order valence-electron chi connectivity index (χ0n) is 7.50. The van der Waals surface area contributed by atoms with Gasteiger partial charge in [-0.1, -0.05) is 5.92 Å². The third kappa shape index (κ3) is 5.50. The highest BCUT2D eigenvalue weighted by atomic mass is 16.4. The quantitative estimate of drug-likeness (QED) is 0.481. The minimum atomic E-state index is -1.17. The predicted octanol–water partition coefficient (Wildman–Crippen LogP) is 0.155. The van der Waals surface area contributed by atoms with Gasteiger partial charge in [0.1, 0.15) is 0 Å². The molecule has 0 aromatic carbocycles. The highest BCUT2D eigenvalue weighted by molar-refractivity contribution is 5.94. The number of carbonyl (C=O) groups excluding carboxylic acids is 1. The van der Waals surface area contributed by atoms with Crippen molar-refractivity contribution in [2.24, 2.45) is 0 Å². The third-order valence-corrected chi connectivity index (χ3v) is 1.17. The van der Waals surface area contributed by atoms with Crippen LogP contribution in [0.5, 0.6) is 0 Å². The molecule has 0 spiro atoms. The Labute approximate surface area is 76.6 Å². The highest BCUT2D eigenvalue weighted by Crippen LogP contribution is 1.98. The Hall–Kier alpha value is -1.76. The fraction of sp³-hybridized carbons (Fsp3) is 0.333. The first-order valence-electron chi connectivity index (χ1n) is 3.58. The maximum atomic E-state index is 11.0. The zero-order valence-corrected chi connectivity index (χ0v) is 7.50. The topological polar surface area (TPSA) is 66.4 Å². The van der Waals surface area contributed by atoms with Gasteiger partial charge in [-0.2, -0.15) is 0 Å². The predicted molar refractivity (Wildman–Crippen MR) is 47.8 cm³/mol. The summed E-state index contributed by atoms with van der Waals surface area (Å²) < 4.78 is 0. The fourth-order valence-electron chi connectivity index (χ4n) is 0.533. The summed E-state index contributed by atoms with van der Waals surface area (Å²) in [5.41, 5.74) is -0.764. The molecule has 0 aromatic heterocycles. The average Bonchev–Trinajstić information content (AvgIpc) is 2.00. The first-order valence-corrected chi connectivity index (χ1v) is 3.58. The molecule has 13 heavy (non-hydrogen) atoms. The Morgan fingerprint density at radius 3 is 2.38 bits per heavy atom. The number of hydrogen-bond acceptors (Lipinski definition) is 2. The minimum Gasteiger partial charge on any atom is -0.478 e. The van der Waals surface area contributed by atoms with Gasteiger partial charge in [0.15, 0.2) is 0 Å². The van der Waals surface area contributed by atoms with Crippen LogP contribution in [0.3, 0.4) is 0 Å². The fourth-order valence-corrected chi connectivity index (χ4v) is 0.533. The molecular weight excluding hydrogens is 170 g/mol. The summed E-state index contributed by atoms with van der Waals surface area (Å²) in [5.74, 6) is 0.651. The Kier molecular flexibility index (Phi) is 3.73. The van der Waals surface area contributed by atoms with E-state index in [9.17, 15) is 9.59 Å². The first-order chi connectivity index (χ1) is 5.87. The number of carboxylic acids is 1. The van der Waals surface area contributed by atoms with Gasteiger partial charge in [0, 0.05) is 12.2 Å². The van der Waals surface area contributed by atoms with Crippen molar-refractivity contribution in [1.82, 2.24) is 5.32 Å². The highest BCUT2D eigenvalue weighted by Gasteiger charge is 2.14. The van der Waals surface area contributed by atoms with Gasteiger partial charge < -0.3 is 10.4 Å². The second-order valence-corrected chi connectivity index (χ2v) is 2.93. The first kappa shape index (κ1) is 11.2. The Bertz CT molecular complexity index is 284. The lowest BCUT2D eigenvalue weighted by Crippen LogP contribution is -2.41. The molecule has 0 heterocycles. The summed E-state index contributed by atoms with van der Waals surface area (Å²) in [6.07, 6.45) is 6.78. The smallest absolute Gasteiger partial charge is 0.328 e. The lowest BCUT2D eigenvalue weighted by atomic mass is 10.1. The Balaban J connectivity index is 4.19. The van der Waals surface area contributed by atoms with Gasteiger partial charge >= 0.3 is 5.97 Å². The molecular formula is C9H11NO3. The van der Waals surface area contributed by atoms with Crippen molar-refractivity contribution in [3.05, 3.63) is 12.2 Å². The van der Waals surface area contributed by atoms with Gasteiger partial charge in [-0.3, -0.25) is 4.79 Å². The van der Waals surface area contributed by atoms with E-state index < -0.39 is 17.4 Å². The van der Waals surface area contributed by atoms with Gasteiger partial charge in [-0.15, -0.1) is 6.42 Å². The van der Waals surface area contributed by atoms with Crippen LogP contribution in [-0.4, -0.2) is 22.5 Å². The maximum absolute atomic E-state index is 11.0. The van der Waals surface area contributed by atoms with Gasteiger partial charge in [-0.05, 0) is 13.8 Å². The van der Waals surface area contributed by atoms with Crippen LogP contribution in [0.2, 0.25) is 0 Å². The molecule has 0 aromatic rings. The van der Waals surface area contributed by atoms with Crippen LogP contribution in [0.15, 0.2) is 12.2 Å². The van der Waals surface area contributed by atoms with Crippen LogP contribution in [-0.2, 0) is 9.59 Å². The van der Waals surface area contributed by atoms with Crippen LogP contribution in [0.25, 0.3) is 0 Å². The summed E-state index contributed by atoms with van der Waals surface area (Å²) >= 11 is 0. The van der Waals surface area contributed by atoms with E-state index in [2.05, 4.69) is 11.2 Å². The minimum absolute atomic E-state index is 0.523. The van der Waals surface area contributed by atoms with E-state index in [1.807, 2.05) is 0 Å². The molecule has 2 N–H and O–H groups in total. The van der Waals surface area contributed by atoms with Crippen LogP contribution in [0.1, 0.15) is 13.8 Å². The second kappa shape index (κ2) is 4.31. The van der Waals surface area contributed by atoms with Crippen LogP contribution < -0.4 is 5.32 Å². The van der Waals surface area contributed by atoms with Crippen molar-refractivity contribution < 1.29 is 14.7 Å². The van der Waals surface area contributed by atoms with E-state index in [1.54, 1.807) is 13.8 Å². The molecule has 70 valence electrons. The van der Waals surface area contributed by atoms with Crippen molar-refractivity contribution in [3.63, 3.8) is 0 Å². The van der Waals surface area contributed by atoms with Gasteiger partial charge in [-0.25, -0.2) is 4.79 Å². The zero-order chi connectivity index (χ0) is 10.5. The molecule has 0 saturated carbocycles. The molecule has 0 atom stereocenters. The molecule has 0 unspecified atom stereocenters. The van der Waals surface area contributed by atoms with Crippen molar-refractivity contribution in [2.75, 3.05) is 0 Å². The number of carbonyl (C=O) groups is 2. The Morgan fingerprint density at radius 1 is 1.46 bits per heavy atom. The van der Waals surface area contributed by atoms with Gasteiger partial charge in [0.05, 0.1) is 5.54 Å². The molecule has 1 amide bonds. The van der Waals surface area contributed by atoms with E-state index in [1.165, 1.54) is 0 Å². The SMILES string of the molecule is C#CC(C)(C)NC(=O)/C=C\C(=O)O. The Morgan fingerprint density at radius 2 is 2.00 bits per heavy atom. The summed E-state index contributed by atoms with van der Waals surface area (Å²) in [4.78, 5) is 21.0. The van der Waals surface area contributed by atoms with Gasteiger partial charge in [0.25, 0.3) is 0 Å². The standard InChI is InChI=1S/C9H11NO3/c1-4-9(2,3)10-7(11)5-6-8(12)13/h1,5-6H,2-3H3,(H,10,11)(H,12,13)/b6-5-. The molecule has 0 aliphatic carbocycles. The average molecular weight is 181 g/mol.